The van der Waals surface area contributed by atoms with Gasteiger partial charge >= 0.3 is 0 Å². The Morgan fingerprint density at radius 1 is 1.20 bits per heavy atom. The molecule has 0 N–H and O–H groups in total. The van der Waals surface area contributed by atoms with E-state index in [-0.39, 0.29) is 0 Å². The lowest BCUT2D eigenvalue weighted by Gasteiger charge is -1.94. The van der Waals surface area contributed by atoms with Crippen molar-refractivity contribution in [1.82, 2.24) is 0 Å². The summed E-state index contributed by atoms with van der Waals surface area (Å²) in [7, 11) is 6.75. The minimum atomic E-state index is 0.767. The molecule has 0 aliphatic rings. The minimum Gasteiger partial charge on any atom is -0.0843 e. The molecule has 1 aromatic carbocycles. The van der Waals surface area contributed by atoms with Crippen LogP contribution in [0.1, 0.15) is 5.56 Å². The largest absolute Gasteiger partial charge is 0.0843 e. The maximum atomic E-state index is 5.67. The van der Waals surface area contributed by atoms with Gasteiger partial charge in [-0.1, -0.05) is 34.7 Å². The van der Waals surface area contributed by atoms with Crippen LogP contribution < -0.4 is 0 Å². The molecule has 54 valence electrons. The highest BCUT2D eigenvalue weighted by atomic mass is 35.7. The summed E-state index contributed by atoms with van der Waals surface area (Å²) in [4.78, 5) is 0. The van der Waals surface area contributed by atoms with Crippen LogP contribution in [0.2, 0.25) is 5.02 Å². The third-order valence-corrected chi connectivity index (χ3v) is 2.16. The number of rotatable bonds is 2. The molecule has 0 saturated heterocycles. The van der Waals surface area contributed by atoms with Crippen LogP contribution in [-0.2, 0) is 5.75 Å². The summed E-state index contributed by atoms with van der Waals surface area (Å²) in [6, 6.07) is 7.67. The molecule has 1 aromatic rings. The van der Waals surface area contributed by atoms with Crippen LogP contribution in [0.5, 0.6) is 0 Å². The van der Waals surface area contributed by atoms with E-state index in [0.717, 1.165) is 10.8 Å². The van der Waals surface area contributed by atoms with Gasteiger partial charge in [-0.15, -0.1) is 0 Å². The van der Waals surface area contributed by atoms with Gasteiger partial charge in [0.25, 0.3) is 0 Å². The van der Waals surface area contributed by atoms with Crippen LogP contribution >= 0.6 is 33.3 Å². The first-order valence-corrected chi connectivity index (χ1v) is 5.00. The topological polar surface area (TPSA) is 0 Å². The minimum absolute atomic E-state index is 0.767. The summed E-state index contributed by atoms with van der Waals surface area (Å²) in [5.74, 6) is 0.832. The van der Waals surface area contributed by atoms with E-state index < -0.39 is 0 Å². The van der Waals surface area contributed by atoms with Crippen molar-refractivity contribution < 1.29 is 0 Å². The first-order valence-electron chi connectivity index (χ1n) is 2.81. The summed E-state index contributed by atoms with van der Waals surface area (Å²) in [6.07, 6.45) is 0. The van der Waals surface area contributed by atoms with E-state index in [4.69, 9.17) is 22.3 Å². The summed E-state index contributed by atoms with van der Waals surface area (Å²) in [5.41, 5.74) is 1.20. The van der Waals surface area contributed by atoms with E-state index >= 15 is 0 Å². The molecule has 0 atom stereocenters. The Balaban J connectivity index is 2.69. The maximum Gasteiger partial charge on any atom is 0.0406 e. The Kier molecular flexibility index (Phi) is 3.40. The van der Waals surface area contributed by atoms with Gasteiger partial charge < -0.3 is 0 Å². The fourth-order valence-corrected chi connectivity index (χ4v) is 1.47. The SMILES string of the molecule is ClSCc1ccc(Cl)cc1. The molecule has 0 saturated carbocycles. The predicted octanol–water partition coefficient (Wildman–Crippen LogP) is 3.73. The van der Waals surface area contributed by atoms with Crippen molar-refractivity contribution in [2.24, 2.45) is 0 Å². The molecule has 10 heavy (non-hydrogen) atoms. The molecule has 0 bridgehead atoms. The van der Waals surface area contributed by atoms with Crippen molar-refractivity contribution in [2.75, 3.05) is 0 Å². The molecular formula is C7H6Cl2S. The van der Waals surface area contributed by atoms with Crippen LogP contribution in [-0.4, -0.2) is 0 Å². The first kappa shape index (κ1) is 8.25. The average molecular weight is 193 g/mol. The Labute approximate surface area is 74.0 Å². The number of halogens is 2. The van der Waals surface area contributed by atoms with E-state index in [2.05, 4.69) is 0 Å². The van der Waals surface area contributed by atoms with Crippen LogP contribution in [0.3, 0.4) is 0 Å². The highest BCUT2D eigenvalue weighted by molar-refractivity contribution is 8.20. The lowest BCUT2D eigenvalue weighted by Crippen LogP contribution is -1.75. The molecule has 0 aliphatic carbocycles. The zero-order valence-electron chi connectivity index (χ0n) is 5.18. The Hall–Kier alpha value is 0.150. The Morgan fingerprint density at radius 3 is 2.30 bits per heavy atom. The normalized spacial score (nSPS) is 9.80. The molecule has 0 unspecified atom stereocenters. The van der Waals surface area contributed by atoms with E-state index in [1.54, 1.807) is 0 Å². The lowest BCUT2D eigenvalue weighted by atomic mass is 10.2. The lowest BCUT2D eigenvalue weighted by molar-refractivity contribution is 1.43. The van der Waals surface area contributed by atoms with Gasteiger partial charge in [0, 0.05) is 10.8 Å². The smallest absolute Gasteiger partial charge is 0.0406 e. The number of benzene rings is 1. The zero-order chi connectivity index (χ0) is 7.40. The quantitative estimate of drug-likeness (QED) is 0.689. The summed E-state index contributed by atoms with van der Waals surface area (Å²) < 4.78 is 0. The molecular weight excluding hydrogens is 187 g/mol. The number of hydrogen-bond acceptors (Lipinski definition) is 1. The van der Waals surface area contributed by atoms with E-state index in [0.29, 0.717) is 0 Å². The van der Waals surface area contributed by atoms with E-state index in [9.17, 15) is 0 Å². The molecule has 3 heteroatoms. The van der Waals surface area contributed by atoms with Crippen molar-refractivity contribution >= 4 is 33.3 Å². The van der Waals surface area contributed by atoms with Crippen molar-refractivity contribution in [3.8, 4) is 0 Å². The predicted molar refractivity (Wildman–Crippen MR) is 48.6 cm³/mol. The van der Waals surface area contributed by atoms with Crippen molar-refractivity contribution in [1.29, 1.82) is 0 Å². The van der Waals surface area contributed by atoms with Gasteiger partial charge in [-0.2, -0.15) is 0 Å². The molecule has 0 aliphatic heterocycles. The van der Waals surface area contributed by atoms with Crippen LogP contribution in [0, 0.1) is 0 Å². The fraction of sp³-hybridized carbons (Fsp3) is 0.143. The van der Waals surface area contributed by atoms with E-state index in [1.807, 2.05) is 24.3 Å². The van der Waals surface area contributed by atoms with Gasteiger partial charge in [0.15, 0.2) is 0 Å². The van der Waals surface area contributed by atoms with Crippen molar-refractivity contribution in [3.63, 3.8) is 0 Å². The monoisotopic (exact) mass is 192 g/mol. The van der Waals surface area contributed by atoms with Gasteiger partial charge in [-0.05, 0) is 28.4 Å². The summed E-state index contributed by atoms with van der Waals surface area (Å²) in [6.45, 7) is 0. The molecule has 0 fully saturated rings. The second kappa shape index (κ2) is 4.12. The molecule has 0 heterocycles. The molecule has 1 rings (SSSR count). The van der Waals surface area contributed by atoms with Crippen LogP contribution in [0.4, 0.5) is 0 Å². The van der Waals surface area contributed by atoms with Gasteiger partial charge in [-0.3, -0.25) is 0 Å². The van der Waals surface area contributed by atoms with E-state index in [1.165, 1.54) is 16.5 Å². The standard InChI is InChI=1S/C7H6Cl2S/c8-7-3-1-6(2-4-7)5-10-9/h1-4H,5H2. The first-order chi connectivity index (χ1) is 4.83. The summed E-state index contributed by atoms with van der Waals surface area (Å²) >= 11 is 5.67. The Bertz CT molecular complexity index is 195. The fourth-order valence-electron chi connectivity index (χ4n) is 0.644. The second-order valence-electron chi connectivity index (χ2n) is 1.88. The molecule has 0 nitrogen and oxygen atoms in total. The van der Waals surface area contributed by atoms with Crippen molar-refractivity contribution in [2.45, 2.75) is 5.75 Å². The zero-order valence-corrected chi connectivity index (χ0v) is 7.51. The number of hydrogen-bond donors (Lipinski definition) is 0. The van der Waals surface area contributed by atoms with Gasteiger partial charge in [-0.25, -0.2) is 0 Å². The summed E-state index contributed by atoms with van der Waals surface area (Å²) in [5, 5.41) is 0.767. The molecule has 0 spiro atoms. The van der Waals surface area contributed by atoms with Gasteiger partial charge in [0.2, 0.25) is 0 Å². The van der Waals surface area contributed by atoms with Crippen molar-refractivity contribution in [3.05, 3.63) is 34.9 Å². The molecule has 0 radical (unpaired) electrons. The third-order valence-electron chi connectivity index (χ3n) is 1.13. The molecule has 0 amide bonds. The Morgan fingerprint density at radius 2 is 1.80 bits per heavy atom. The highest BCUT2D eigenvalue weighted by Crippen LogP contribution is 2.17. The van der Waals surface area contributed by atoms with Gasteiger partial charge in [0.05, 0.1) is 0 Å². The van der Waals surface area contributed by atoms with Gasteiger partial charge in [0.1, 0.15) is 0 Å². The average Bonchev–Trinajstić information content (AvgIpc) is 1.95. The highest BCUT2D eigenvalue weighted by Gasteiger charge is 1.90. The van der Waals surface area contributed by atoms with Crippen LogP contribution in [0.15, 0.2) is 24.3 Å². The molecule has 0 aromatic heterocycles. The second-order valence-corrected chi connectivity index (χ2v) is 3.48. The maximum absolute atomic E-state index is 5.67. The van der Waals surface area contributed by atoms with Crippen LogP contribution in [0.25, 0.3) is 0 Å². The third kappa shape index (κ3) is 2.41.